The maximum absolute atomic E-state index is 13.8. The molecule has 0 unspecified atom stereocenters. The molecule has 0 aliphatic heterocycles. The Balaban J connectivity index is 1.51. The third kappa shape index (κ3) is 5.54. The molecule has 0 aliphatic carbocycles. The molecule has 156 valence electrons. The van der Waals surface area contributed by atoms with Crippen molar-refractivity contribution in [1.29, 1.82) is 0 Å². The van der Waals surface area contributed by atoms with Crippen molar-refractivity contribution in [2.45, 2.75) is 19.8 Å². The largest absolute Gasteiger partial charge is 0.441 e. The number of hydrogen-bond acceptors (Lipinski definition) is 4. The predicted molar refractivity (Wildman–Crippen MR) is 115 cm³/mol. The molecule has 2 aromatic carbocycles. The van der Waals surface area contributed by atoms with Gasteiger partial charge in [0.05, 0.1) is 18.3 Å². The Hall–Kier alpha value is -3.00. The summed E-state index contributed by atoms with van der Waals surface area (Å²) in [5.74, 6) is -0.251. The first-order valence-electron chi connectivity index (χ1n) is 9.33. The van der Waals surface area contributed by atoms with E-state index in [0.29, 0.717) is 22.9 Å². The Morgan fingerprint density at radius 1 is 1.23 bits per heavy atom. The minimum absolute atomic E-state index is 0.0691. The topological polar surface area (TPSA) is 75.4 Å². The van der Waals surface area contributed by atoms with E-state index in [0.717, 1.165) is 10.0 Å². The van der Waals surface area contributed by atoms with Crippen LogP contribution in [0.5, 0.6) is 0 Å². The third-order valence-electron chi connectivity index (χ3n) is 4.51. The van der Waals surface area contributed by atoms with Gasteiger partial charge < -0.3 is 14.6 Å². The van der Waals surface area contributed by atoms with Gasteiger partial charge in [0.1, 0.15) is 5.82 Å². The molecule has 0 atom stereocenters. The number of halogens is 2. The van der Waals surface area contributed by atoms with E-state index in [1.807, 2.05) is 19.1 Å². The van der Waals surface area contributed by atoms with Gasteiger partial charge in [-0.25, -0.2) is 9.37 Å². The lowest BCUT2D eigenvalue weighted by atomic mass is 10.2. The van der Waals surface area contributed by atoms with Gasteiger partial charge in [0.15, 0.2) is 11.7 Å². The average molecular weight is 474 g/mol. The maximum atomic E-state index is 13.8. The fourth-order valence-corrected chi connectivity index (χ4v) is 3.35. The first-order valence-corrected chi connectivity index (χ1v) is 10.1. The van der Waals surface area contributed by atoms with Gasteiger partial charge in [-0.05, 0) is 42.8 Å². The van der Waals surface area contributed by atoms with Crippen LogP contribution < -0.4 is 5.32 Å². The molecule has 0 spiro atoms. The number of likely N-dealkylation sites (N-methyl/N-ethyl adjacent to an activating group) is 1. The smallest absolute Gasteiger partial charge is 0.243 e. The Bertz CT molecular complexity index is 1070. The number of hydrogen-bond donors (Lipinski definition) is 1. The zero-order valence-corrected chi connectivity index (χ0v) is 18.2. The first-order chi connectivity index (χ1) is 14.3. The van der Waals surface area contributed by atoms with E-state index >= 15 is 0 Å². The summed E-state index contributed by atoms with van der Waals surface area (Å²) >= 11 is 3.38. The molecule has 0 saturated heterocycles. The van der Waals surface area contributed by atoms with Gasteiger partial charge in [-0.3, -0.25) is 9.59 Å². The van der Waals surface area contributed by atoms with Gasteiger partial charge in [0.2, 0.25) is 11.8 Å². The number of aryl methyl sites for hydroxylation is 2. The lowest BCUT2D eigenvalue weighted by Gasteiger charge is -2.17. The minimum atomic E-state index is -0.400. The second-order valence-corrected chi connectivity index (χ2v) is 7.77. The van der Waals surface area contributed by atoms with Crippen molar-refractivity contribution in [3.63, 3.8) is 0 Å². The number of rotatable bonds is 7. The third-order valence-corrected chi connectivity index (χ3v) is 5.01. The van der Waals surface area contributed by atoms with Gasteiger partial charge in [-0.15, -0.1) is 0 Å². The molecular weight excluding hydrogens is 453 g/mol. The van der Waals surface area contributed by atoms with E-state index < -0.39 is 5.82 Å². The zero-order chi connectivity index (χ0) is 21.7. The quantitative estimate of drug-likeness (QED) is 0.544. The maximum Gasteiger partial charge on any atom is 0.243 e. The van der Waals surface area contributed by atoms with Crippen LogP contribution in [0.3, 0.4) is 0 Å². The van der Waals surface area contributed by atoms with E-state index in [-0.39, 0.29) is 31.2 Å². The Kier molecular flexibility index (Phi) is 6.99. The fourth-order valence-electron chi connectivity index (χ4n) is 2.88. The highest BCUT2D eigenvalue weighted by Crippen LogP contribution is 2.24. The summed E-state index contributed by atoms with van der Waals surface area (Å²) in [6, 6.07) is 11.8. The van der Waals surface area contributed by atoms with Crippen molar-refractivity contribution < 1.29 is 18.4 Å². The van der Waals surface area contributed by atoms with Crippen LogP contribution in [0.15, 0.2) is 57.6 Å². The highest BCUT2D eigenvalue weighted by molar-refractivity contribution is 9.10. The van der Waals surface area contributed by atoms with E-state index in [1.54, 1.807) is 31.3 Å². The van der Waals surface area contributed by atoms with E-state index in [4.69, 9.17) is 4.42 Å². The number of carbonyl (C=O) groups excluding carboxylic acids is 2. The van der Waals surface area contributed by atoms with Crippen LogP contribution in [0, 0.1) is 12.7 Å². The second-order valence-electron chi connectivity index (χ2n) is 6.86. The molecular formula is C22H21BrFN3O3. The number of aromatic nitrogens is 1. The van der Waals surface area contributed by atoms with Gasteiger partial charge in [-0.1, -0.05) is 28.1 Å². The van der Waals surface area contributed by atoms with Crippen LogP contribution in [0.25, 0.3) is 11.3 Å². The highest BCUT2D eigenvalue weighted by atomic mass is 79.9. The van der Waals surface area contributed by atoms with Crippen LogP contribution in [-0.4, -0.2) is 35.3 Å². The summed E-state index contributed by atoms with van der Waals surface area (Å²) in [4.78, 5) is 30.1. The van der Waals surface area contributed by atoms with Crippen molar-refractivity contribution in [3.8, 4) is 11.3 Å². The fraction of sp³-hybridized carbons (Fsp3) is 0.227. The molecule has 2 amide bonds. The van der Waals surface area contributed by atoms with E-state index in [2.05, 4.69) is 26.2 Å². The molecule has 0 saturated carbocycles. The van der Waals surface area contributed by atoms with Crippen LogP contribution in [0.2, 0.25) is 0 Å². The van der Waals surface area contributed by atoms with Gasteiger partial charge in [-0.2, -0.15) is 0 Å². The number of amides is 2. The molecule has 30 heavy (non-hydrogen) atoms. The average Bonchev–Trinajstić information content (AvgIpc) is 3.17. The molecule has 0 aliphatic rings. The van der Waals surface area contributed by atoms with Crippen molar-refractivity contribution >= 4 is 33.4 Å². The van der Waals surface area contributed by atoms with Crippen LogP contribution in [0.4, 0.5) is 10.1 Å². The SMILES string of the molecule is Cc1cc(Br)ccc1NC(=O)CN(C)C(=O)CCc1ncc(-c2ccccc2F)o1. The number of nitrogens with one attached hydrogen (secondary N) is 1. The number of nitrogens with zero attached hydrogens (tertiary/aromatic N) is 2. The van der Waals surface area contributed by atoms with Gasteiger partial charge in [0.25, 0.3) is 0 Å². The Morgan fingerprint density at radius 2 is 2.00 bits per heavy atom. The van der Waals surface area contributed by atoms with Crippen molar-refractivity contribution in [1.82, 2.24) is 9.88 Å². The molecule has 0 radical (unpaired) electrons. The first kappa shape index (κ1) is 21.7. The lowest BCUT2D eigenvalue weighted by molar-refractivity contribution is -0.133. The summed E-state index contributed by atoms with van der Waals surface area (Å²) in [5, 5.41) is 2.80. The van der Waals surface area contributed by atoms with Gasteiger partial charge >= 0.3 is 0 Å². The predicted octanol–water partition coefficient (Wildman–Crippen LogP) is 4.58. The zero-order valence-electron chi connectivity index (χ0n) is 16.6. The normalized spacial score (nSPS) is 10.7. The second kappa shape index (κ2) is 9.67. The molecule has 0 fully saturated rings. The van der Waals surface area contributed by atoms with Gasteiger partial charge in [0, 0.05) is 30.0 Å². The van der Waals surface area contributed by atoms with Crippen LogP contribution in [-0.2, 0) is 16.0 Å². The molecule has 0 bridgehead atoms. The summed E-state index contributed by atoms with van der Waals surface area (Å²) in [5.41, 5.74) is 1.94. The summed E-state index contributed by atoms with van der Waals surface area (Å²) < 4.78 is 20.3. The molecule has 1 N–H and O–H groups in total. The number of oxazole rings is 1. The summed E-state index contributed by atoms with van der Waals surface area (Å²) in [6.45, 7) is 1.82. The number of benzene rings is 2. The van der Waals surface area contributed by atoms with Crippen LogP contribution >= 0.6 is 15.9 Å². The van der Waals surface area contributed by atoms with Crippen LogP contribution in [0.1, 0.15) is 17.9 Å². The molecule has 3 rings (SSSR count). The molecule has 3 aromatic rings. The van der Waals surface area contributed by atoms with E-state index in [9.17, 15) is 14.0 Å². The lowest BCUT2D eigenvalue weighted by Crippen LogP contribution is -2.35. The highest BCUT2D eigenvalue weighted by Gasteiger charge is 2.16. The van der Waals surface area contributed by atoms with Crippen molar-refractivity contribution in [2.24, 2.45) is 0 Å². The molecule has 6 nitrogen and oxygen atoms in total. The Labute approximate surface area is 182 Å². The monoisotopic (exact) mass is 473 g/mol. The van der Waals surface area contributed by atoms with E-state index in [1.165, 1.54) is 17.2 Å². The number of carbonyl (C=O) groups is 2. The summed E-state index contributed by atoms with van der Waals surface area (Å²) in [7, 11) is 1.57. The number of anilines is 1. The standard InChI is InChI=1S/C22H21BrFN3O3/c1-14-11-15(23)7-8-18(14)26-20(28)13-27(2)22(29)10-9-21-25-12-19(30-21)16-5-3-4-6-17(16)24/h3-8,11-12H,9-10,13H2,1-2H3,(H,26,28). The van der Waals surface area contributed by atoms with Crippen molar-refractivity contribution in [3.05, 3.63) is 70.4 Å². The Morgan fingerprint density at radius 3 is 2.73 bits per heavy atom. The molecule has 8 heteroatoms. The summed E-state index contributed by atoms with van der Waals surface area (Å²) in [6.07, 6.45) is 1.82. The minimum Gasteiger partial charge on any atom is -0.441 e. The van der Waals surface area contributed by atoms with Crippen molar-refractivity contribution in [2.75, 3.05) is 18.9 Å². The molecule has 1 heterocycles. The molecule has 1 aromatic heterocycles.